The van der Waals surface area contributed by atoms with Crippen LogP contribution in [-0.4, -0.2) is 24.0 Å². The van der Waals surface area contributed by atoms with Crippen molar-refractivity contribution in [2.24, 2.45) is 0 Å². The number of aromatic nitrogens is 2. The SMILES string of the molecule is CC(=O)c1ccc(OS(=O)(=O)c2ccc(-n3ncc(Cl)c(Cl)c3=O)cc2)cc1. The third-order valence-electron chi connectivity index (χ3n) is 3.71. The number of Topliss-reactive ketones (excluding diaryl/α,β-unsaturated/α-hetero) is 1. The van der Waals surface area contributed by atoms with Gasteiger partial charge in [-0.2, -0.15) is 18.2 Å². The van der Waals surface area contributed by atoms with E-state index < -0.39 is 15.7 Å². The zero-order valence-electron chi connectivity index (χ0n) is 14.3. The van der Waals surface area contributed by atoms with Gasteiger partial charge >= 0.3 is 10.1 Å². The van der Waals surface area contributed by atoms with E-state index in [1.165, 1.54) is 61.7 Å². The molecule has 7 nitrogen and oxygen atoms in total. The van der Waals surface area contributed by atoms with Crippen molar-refractivity contribution >= 4 is 39.1 Å². The van der Waals surface area contributed by atoms with Crippen molar-refractivity contribution < 1.29 is 17.4 Å². The molecule has 0 bridgehead atoms. The number of hydrogen-bond acceptors (Lipinski definition) is 6. The molecule has 0 N–H and O–H groups in total. The molecule has 0 aliphatic rings. The summed E-state index contributed by atoms with van der Waals surface area (Å²) in [4.78, 5) is 23.3. The van der Waals surface area contributed by atoms with Crippen LogP contribution in [0.4, 0.5) is 0 Å². The largest absolute Gasteiger partial charge is 0.379 e. The number of carbonyl (C=O) groups is 1. The molecule has 1 heterocycles. The van der Waals surface area contributed by atoms with E-state index in [9.17, 15) is 18.0 Å². The summed E-state index contributed by atoms with van der Waals surface area (Å²) in [5, 5.41) is 3.70. The van der Waals surface area contributed by atoms with Crippen LogP contribution in [0.25, 0.3) is 5.69 Å². The van der Waals surface area contributed by atoms with Crippen molar-refractivity contribution in [3.05, 3.63) is 80.7 Å². The van der Waals surface area contributed by atoms with Crippen molar-refractivity contribution in [3.8, 4) is 11.4 Å². The first-order chi connectivity index (χ1) is 13.2. The van der Waals surface area contributed by atoms with Crippen LogP contribution in [0.3, 0.4) is 0 Å². The zero-order chi connectivity index (χ0) is 20.5. The standard InChI is InChI=1S/C18H12Cl2N2O5S/c1-11(23)12-2-6-14(7-3-12)27-28(25,26)15-8-4-13(5-9-15)22-18(24)17(20)16(19)10-21-22/h2-10H,1H3. The lowest BCUT2D eigenvalue weighted by Crippen LogP contribution is -2.21. The van der Waals surface area contributed by atoms with Crippen molar-refractivity contribution in [2.45, 2.75) is 11.8 Å². The van der Waals surface area contributed by atoms with Crippen LogP contribution < -0.4 is 9.74 Å². The molecule has 28 heavy (non-hydrogen) atoms. The molecule has 0 saturated carbocycles. The van der Waals surface area contributed by atoms with E-state index in [-0.39, 0.29) is 26.5 Å². The molecule has 144 valence electrons. The number of hydrogen-bond donors (Lipinski definition) is 0. The van der Waals surface area contributed by atoms with Crippen molar-refractivity contribution in [1.82, 2.24) is 9.78 Å². The highest BCUT2D eigenvalue weighted by Gasteiger charge is 2.18. The average molecular weight is 439 g/mol. The van der Waals surface area contributed by atoms with Gasteiger partial charge in [-0.15, -0.1) is 0 Å². The molecule has 0 aliphatic carbocycles. The highest BCUT2D eigenvalue weighted by Crippen LogP contribution is 2.21. The van der Waals surface area contributed by atoms with E-state index >= 15 is 0 Å². The Morgan fingerprint density at radius 2 is 1.64 bits per heavy atom. The van der Waals surface area contributed by atoms with Crippen LogP contribution >= 0.6 is 23.2 Å². The third kappa shape index (κ3) is 4.09. The lowest BCUT2D eigenvalue weighted by Gasteiger charge is -2.09. The number of carbonyl (C=O) groups excluding carboxylic acids is 1. The molecule has 10 heteroatoms. The Labute approximate surface area is 170 Å². The van der Waals surface area contributed by atoms with Crippen LogP contribution in [0, 0.1) is 0 Å². The molecular weight excluding hydrogens is 427 g/mol. The number of nitrogens with zero attached hydrogens (tertiary/aromatic N) is 2. The first kappa shape index (κ1) is 20.1. The molecule has 3 aromatic rings. The van der Waals surface area contributed by atoms with E-state index in [4.69, 9.17) is 27.4 Å². The van der Waals surface area contributed by atoms with E-state index in [1.54, 1.807) is 0 Å². The minimum atomic E-state index is -4.11. The smallest absolute Gasteiger partial charge is 0.339 e. The summed E-state index contributed by atoms with van der Waals surface area (Å²) >= 11 is 11.6. The maximum atomic E-state index is 12.4. The molecule has 0 saturated heterocycles. The Morgan fingerprint density at radius 1 is 1.04 bits per heavy atom. The van der Waals surface area contributed by atoms with E-state index in [2.05, 4.69) is 5.10 Å². The predicted octanol–water partition coefficient (Wildman–Crippen LogP) is 3.51. The Balaban J connectivity index is 1.87. The summed E-state index contributed by atoms with van der Waals surface area (Å²) in [7, 11) is -4.11. The van der Waals surface area contributed by atoms with Gasteiger partial charge in [0.05, 0.1) is 16.9 Å². The third-order valence-corrected chi connectivity index (χ3v) is 5.72. The number of ketones is 1. The average Bonchev–Trinajstić information content (AvgIpc) is 2.66. The molecule has 0 radical (unpaired) electrons. The first-order valence-corrected chi connectivity index (χ1v) is 9.95. The molecular formula is C18H12Cl2N2O5S. The fraction of sp³-hybridized carbons (Fsp3) is 0.0556. The number of benzene rings is 2. The summed E-state index contributed by atoms with van der Waals surface area (Å²) in [5.74, 6) is -0.0763. The van der Waals surface area contributed by atoms with Gasteiger partial charge in [-0.3, -0.25) is 9.59 Å². The Kier molecular flexibility index (Phi) is 5.55. The van der Waals surface area contributed by atoms with E-state index in [0.717, 1.165) is 4.68 Å². The molecule has 0 amide bonds. The minimum absolute atomic E-state index is 0.0197. The second-order valence-corrected chi connectivity index (χ2v) is 7.97. The molecule has 3 rings (SSSR count). The molecule has 0 fully saturated rings. The van der Waals surface area contributed by atoms with Crippen molar-refractivity contribution in [2.75, 3.05) is 0 Å². The fourth-order valence-electron chi connectivity index (χ4n) is 2.27. The highest BCUT2D eigenvalue weighted by molar-refractivity contribution is 7.87. The second-order valence-electron chi connectivity index (χ2n) is 5.64. The van der Waals surface area contributed by atoms with Crippen LogP contribution in [0.15, 0.2) is 64.4 Å². The Hall–Kier alpha value is -2.68. The van der Waals surface area contributed by atoms with Gasteiger partial charge in [0.15, 0.2) is 5.78 Å². The summed E-state index contributed by atoms with van der Waals surface area (Å²) in [6, 6.07) is 11.0. The van der Waals surface area contributed by atoms with Gasteiger partial charge in [0.25, 0.3) is 5.56 Å². The van der Waals surface area contributed by atoms with E-state index in [0.29, 0.717) is 11.3 Å². The maximum absolute atomic E-state index is 12.4. The second kappa shape index (κ2) is 7.75. The number of rotatable bonds is 5. The molecule has 0 atom stereocenters. The fourth-order valence-corrected chi connectivity index (χ4v) is 3.45. The van der Waals surface area contributed by atoms with Crippen LogP contribution in [0.1, 0.15) is 17.3 Å². The monoisotopic (exact) mass is 438 g/mol. The van der Waals surface area contributed by atoms with Crippen molar-refractivity contribution in [3.63, 3.8) is 0 Å². The maximum Gasteiger partial charge on any atom is 0.339 e. The molecule has 1 aromatic heterocycles. The first-order valence-electron chi connectivity index (χ1n) is 7.78. The van der Waals surface area contributed by atoms with Crippen LogP contribution in [-0.2, 0) is 10.1 Å². The summed E-state index contributed by atoms with van der Waals surface area (Å²) in [6.45, 7) is 1.40. The predicted molar refractivity (Wildman–Crippen MR) is 104 cm³/mol. The quantitative estimate of drug-likeness (QED) is 0.446. The van der Waals surface area contributed by atoms with Gasteiger partial charge in [-0.05, 0) is 55.5 Å². The van der Waals surface area contributed by atoms with Gasteiger partial charge in [0, 0.05) is 5.56 Å². The molecule has 0 unspecified atom stereocenters. The summed E-state index contributed by atoms with van der Waals surface area (Å²) in [6.07, 6.45) is 1.21. The van der Waals surface area contributed by atoms with Gasteiger partial charge in [-0.25, -0.2) is 0 Å². The Bertz CT molecular complexity index is 1200. The van der Waals surface area contributed by atoms with Crippen LogP contribution in [0.5, 0.6) is 5.75 Å². The molecule has 0 aliphatic heterocycles. The highest BCUT2D eigenvalue weighted by atomic mass is 35.5. The summed E-state index contributed by atoms with van der Waals surface area (Å²) < 4.78 is 30.9. The van der Waals surface area contributed by atoms with Gasteiger partial charge in [0.2, 0.25) is 0 Å². The van der Waals surface area contributed by atoms with Crippen LogP contribution in [0.2, 0.25) is 10.0 Å². The zero-order valence-corrected chi connectivity index (χ0v) is 16.6. The molecule has 2 aromatic carbocycles. The summed E-state index contributed by atoms with van der Waals surface area (Å²) in [5.41, 5.74) is 0.105. The van der Waals surface area contributed by atoms with E-state index in [1.807, 2.05) is 0 Å². The molecule has 0 spiro atoms. The van der Waals surface area contributed by atoms with Gasteiger partial charge < -0.3 is 4.18 Å². The minimum Gasteiger partial charge on any atom is -0.379 e. The van der Waals surface area contributed by atoms with Gasteiger partial charge in [0.1, 0.15) is 15.7 Å². The van der Waals surface area contributed by atoms with Crippen molar-refractivity contribution in [1.29, 1.82) is 0 Å². The normalized spacial score (nSPS) is 11.2. The Morgan fingerprint density at radius 3 is 2.21 bits per heavy atom. The topological polar surface area (TPSA) is 95.3 Å². The lowest BCUT2D eigenvalue weighted by atomic mass is 10.1. The lowest BCUT2D eigenvalue weighted by molar-refractivity contribution is 0.101. The van der Waals surface area contributed by atoms with Gasteiger partial charge in [-0.1, -0.05) is 23.2 Å². The number of halogens is 2.